The monoisotopic (exact) mass is 300 g/mol. The number of hydrogen-bond acceptors (Lipinski definition) is 2. The van der Waals surface area contributed by atoms with Crippen molar-refractivity contribution in [1.29, 1.82) is 0 Å². The summed E-state index contributed by atoms with van der Waals surface area (Å²) in [4.78, 5) is 23.2. The average molecular weight is 301 g/mol. The van der Waals surface area contributed by atoms with Gasteiger partial charge in [0.15, 0.2) is 0 Å². The summed E-state index contributed by atoms with van der Waals surface area (Å²) in [6.07, 6.45) is 0. The summed E-state index contributed by atoms with van der Waals surface area (Å²) < 4.78 is 0.750. The second-order valence-corrected chi connectivity index (χ2v) is 4.52. The van der Waals surface area contributed by atoms with E-state index in [1.165, 1.54) is 7.05 Å². The average Bonchev–Trinajstić information content (AvgIpc) is 2.22. The fraction of sp³-hybridized carbons (Fsp3) is 0.273. The molecule has 0 bridgehead atoms. The van der Waals surface area contributed by atoms with E-state index in [-0.39, 0.29) is 6.54 Å². The summed E-state index contributed by atoms with van der Waals surface area (Å²) in [5.74, 6) is -1.05. The molecule has 5 nitrogen and oxygen atoms in total. The first-order chi connectivity index (χ1) is 7.90. The van der Waals surface area contributed by atoms with Gasteiger partial charge < -0.3 is 15.3 Å². The Morgan fingerprint density at radius 1 is 1.47 bits per heavy atom. The minimum absolute atomic E-state index is 0.338. The lowest BCUT2D eigenvalue weighted by Crippen LogP contribution is -2.35. The molecule has 6 heteroatoms. The summed E-state index contributed by atoms with van der Waals surface area (Å²) in [5.41, 5.74) is 1.62. The van der Waals surface area contributed by atoms with Crippen LogP contribution in [0.3, 0.4) is 0 Å². The SMILES string of the molecule is Cc1ccc(Br)c(NC(=O)N(C)CC(=O)O)c1. The Morgan fingerprint density at radius 3 is 2.71 bits per heavy atom. The van der Waals surface area contributed by atoms with Gasteiger partial charge in [-0.1, -0.05) is 6.07 Å². The van der Waals surface area contributed by atoms with E-state index in [2.05, 4.69) is 21.2 Å². The zero-order chi connectivity index (χ0) is 13.0. The summed E-state index contributed by atoms with van der Waals surface area (Å²) in [6, 6.07) is 5.07. The van der Waals surface area contributed by atoms with Gasteiger partial charge in [-0.05, 0) is 40.5 Å². The number of likely N-dealkylation sites (N-methyl/N-ethyl adjacent to an activating group) is 1. The highest BCUT2D eigenvalue weighted by Gasteiger charge is 2.13. The Balaban J connectivity index is 2.73. The molecule has 92 valence electrons. The van der Waals surface area contributed by atoms with Gasteiger partial charge in [-0.3, -0.25) is 4.79 Å². The third-order valence-corrected chi connectivity index (χ3v) is 2.77. The number of carbonyl (C=O) groups is 2. The van der Waals surface area contributed by atoms with Gasteiger partial charge in [0.1, 0.15) is 6.54 Å². The molecule has 0 radical (unpaired) electrons. The van der Waals surface area contributed by atoms with E-state index in [4.69, 9.17) is 5.11 Å². The van der Waals surface area contributed by atoms with Crippen LogP contribution in [0.2, 0.25) is 0 Å². The van der Waals surface area contributed by atoms with Crippen LogP contribution < -0.4 is 5.32 Å². The number of halogens is 1. The van der Waals surface area contributed by atoms with Crippen LogP contribution in [-0.2, 0) is 4.79 Å². The number of nitrogens with zero attached hydrogens (tertiary/aromatic N) is 1. The molecule has 0 aromatic heterocycles. The lowest BCUT2D eigenvalue weighted by Gasteiger charge is -2.16. The number of urea groups is 1. The number of amides is 2. The summed E-state index contributed by atoms with van der Waals surface area (Å²) in [6.45, 7) is 1.57. The largest absolute Gasteiger partial charge is 0.480 e. The fourth-order valence-electron chi connectivity index (χ4n) is 1.22. The standard InChI is InChI=1S/C11H13BrN2O3/c1-7-3-4-8(12)9(5-7)13-11(17)14(2)6-10(15)16/h3-5H,6H2,1-2H3,(H,13,17)(H,15,16). The maximum Gasteiger partial charge on any atom is 0.323 e. The molecule has 1 aromatic carbocycles. The fourth-order valence-corrected chi connectivity index (χ4v) is 1.57. The van der Waals surface area contributed by atoms with Gasteiger partial charge >= 0.3 is 12.0 Å². The van der Waals surface area contributed by atoms with Gasteiger partial charge in [0.05, 0.1) is 5.69 Å². The Bertz CT molecular complexity index is 448. The lowest BCUT2D eigenvalue weighted by molar-refractivity contribution is -0.137. The van der Waals surface area contributed by atoms with Crippen molar-refractivity contribution in [3.8, 4) is 0 Å². The Labute approximate surface area is 108 Å². The predicted octanol–water partition coefficient (Wildman–Crippen LogP) is 2.31. The predicted molar refractivity (Wildman–Crippen MR) is 68.2 cm³/mol. The van der Waals surface area contributed by atoms with Crippen molar-refractivity contribution >= 4 is 33.6 Å². The Morgan fingerprint density at radius 2 is 2.12 bits per heavy atom. The highest BCUT2D eigenvalue weighted by molar-refractivity contribution is 9.10. The first kappa shape index (κ1) is 13.5. The molecule has 0 fully saturated rings. The highest BCUT2D eigenvalue weighted by atomic mass is 79.9. The van der Waals surface area contributed by atoms with Crippen molar-refractivity contribution in [2.45, 2.75) is 6.92 Å². The van der Waals surface area contributed by atoms with Crippen LogP contribution in [0.4, 0.5) is 10.5 Å². The normalized spacial score (nSPS) is 9.82. The van der Waals surface area contributed by atoms with Crippen molar-refractivity contribution in [3.05, 3.63) is 28.2 Å². The van der Waals surface area contributed by atoms with Crippen molar-refractivity contribution in [1.82, 2.24) is 4.90 Å². The molecule has 1 rings (SSSR count). The van der Waals surface area contributed by atoms with Crippen LogP contribution in [0.5, 0.6) is 0 Å². The summed E-state index contributed by atoms with van der Waals surface area (Å²) in [5, 5.41) is 11.2. The minimum atomic E-state index is -1.05. The quantitative estimate of drug-likeness (QED) is 0.900. The van der Waals surface area contributed by atoms with E-state index in [1.807, 2.05) is 19.1 Å². The first-order valence-electron chi connectivity index (χ1n) is 4.90. The molecule has 2 N–H and O–H groups in total. The Kier molecular flexibility index (Phi) is 4.51. The smallest absolute Gasteiger partial charge is 0.323 e. The van der Waals surface area contributed by atoms with E-state index in [1.54, 1.807) is 6.07 Å². The number of carboxylic acids is 1. The topological polar surface area (TPSA) is 69.6 Å². The number of carboxylic acid groups (broad SMARTS) is 1. The number of carbonyl (C=O) groups excluding carboxylic acids is 1. The van der Waals surface area contributed by atoms with E-state index >= 15 is 0 Å². The van der Waals surface area contributed by atoms with E-state index in [0.29, 0.717) is 5.69 Å². The maximum absolute atomic E-state index is 11.6. The van der Waals surface area contributed by atoms with Gasteiger partial charge in [0.2, 0.25) is 0 Å². The molecule has 0 unspecified atom stereocenters. The van der Waals surface area contributed by atoms with Gasteiger partial charge in [-0.25, -0.2) is 4.79 Å². The van der Waals surface area contributed by atoms with Gasteiger partial charge in [-0.2, -0.15) is 0 Å². The van der Waals surface area contributed by atoms with Crippen LogP contribution in [0.1, 0.15) is 5.56 Å². The van der Waals surface area contributed by atoms with Crippen LogP contribution in [-0.4, -0.2) is 35.6 Å². The zero-order valence-corrected chi connectivity index (χ0v) is 11.1. The number of aryl methyl sites for hydroxylation is 1. The lowest BCUT2D eigenvalue weighted by atomic mass is 10.2. The molecule has 0 saturated carbocycles. The molecule has 17 heavy (non-hydrogen) atoms. The van der Waals surface area contributed by atoms with Crippen molar-refractivity contribution in [3.63, 3.8) is 0 Å². The number of rotatable bonds is 3. The summed E-state index contributed by atoms with van der Waals surface area (Å²) >= 11 is 3.31. The molecule has 0 heterocycles. The van der Waals surface area contributed by atoms with Crippen molar-refractivity contribution in [2.24, 2.45) is 0 Å². The number of hydrogen-bond donors (Lipinski definition) is 2. The number of anilines is 1. The third kappa shape index (κ3) is 4.07. The Hall–Kier alpha value is -1.56. The molecule has 0 atom stereocenters. The minimum Gasteiger partial charge on any atom is -0.480 e. The molecule has 0 aliphatic rings. The van der Waals surface area contributed by atoms with Gasteiger partial charge in [0.25, 0.3) is 0 Å². The maximum atomic E-state index is 11.6. The molecule has 0 saturated heterocycles. The molecule has 1 aromatic rings. The van der Waals surface area contributed by atoms with Crippen LogP contribution in [0.15, 0.2) is 22.7 Å². The molecule has 2 amide bonds. The van der Waals surface area contributed by atoms with E-state index in [9.17, 15) is 9.59 Å². The molecule has 0 aliphatic heterocycles. The van der Waals surface area contributed by atoms with Gasteiger partial charge in [0, 0.05) is 11.5 Å². The van der Waals surface area contributed by atoms with Crippen LogP contribution >= 0.6 is 15.9 Å². The van der Waals surface area contributed by atoms with E-state index < -0.39 is 12.0 Å². The third-order valence-electron chi connectivity index (χ3n) is 2.08. The van der Waals surface area contributed by atoms with Gasteiger partial charge in [-0.15, -0.1) is 0 Å². The highest BCUT2D eigenvalue weighted by Crippen LogP contribution is 2.23. The van der Waals surface area contributed by atoms with Crippen LogP contribution in [0, 0.1) is 6.92 Å². The van der Waals surface area contributed by atoms with Crippen molar-refractivity contribution < 1.29 is 14.7 Å². The summed E-state index contributed by atoms with van der Waals surface area (Å²) in [7, 11) is 1.42. The molecule has 0 aliphatic carbocycles. The van der Waals surface area contributed by atoms with Crippen LogP contribution in [0.25, 0.3) is 0 Å². The first-order valence-corrected chi connectivity index (χ1v) is 5.69. The number of benzene rings is 1. The number of nitrogens with one attached hydrogen (secondary N) is 1. The number of aliphatic carboxylic acids is 1. The van der Waals surface area contributed by atoms with Crippen molar-refractivity contribution in [2.75, 3.05) is 18.9 Å². The molecular formula is C11H13BrN2O3. The molecule has 0 spiro atoms. The zero-order valence-electron chi connectivity index (χ0n) is 9.53. The van der Waals surface area contributed by atoms with E-state index in [0.717, 1.165) is 14.9 Å². The second kappa shape index (κ2) is 5.67. The molecular weight excluding hydrogens is 288 g/mol. The second-order valence-electron chi connectivity index (χ2n) is 3.66.